The Balaban J connectivity index is 2.15. The van der Waals surface area contributed by atoms with Gasteiger partial charge in [-0.15, -0.1) is 0 Å². The first-order valence-electron chi connectivity index (χ1n) is 7.42. The van der Waals surface area contributed by atoms with E-state index in [0.717, 1.165) is 0 Å². The summed E-state index contributed by atoms with van der Waals surface area (Å²) in [5.41, 5.74) is -1.05. The average Bonchev–Trinajstić information content (AvgIpc) is 2.58. The summed E-state index contributed by atoms with van der Waals surface area (Å²) >= 11 is 0. The van der Waals surface area contributed by atoms with Gasteiger partial charge in [-0.2, -0.15) is 22.0 Å². The molecule has 0 aliphatic heterocycles. The molecule has 2 aromatic rings. The summed E-state index contributed by atoms with van der Waals surface area (Å²) in [4.78, 5) is 11.9. The monoisotopic (exact) mass is 371 g/mol. The van der Waals surface area contributed by atoms with Crippen molar-refractivity contribution in [3.63, 3.8) is 0 Å². The molecule has 0 aromatic heterocycles. The van der Waals surface area contributed by atoms with Crippen molar-refractivity contribution in [2.24, 2.45) is 0 Å². The van der Waals surface area contributed by atoms with E-state index in [0.29, 0.717) is 6.08 Å². The summed E-state index contributed by atoms with van der Waals surface area (Å²) in [5.74, 6) is -1.17. The number of carbonyl (C=O) groups is 1. The minimum absolute atomic E-state index is 0.156. The third kappa shape index (κ3) is 5.58. The zero-order chi connectivity index (χ0) is 19.2. The Hall–Kier alpha value is -2.90. The highest BCUT2D eigenvalue weighted by atomic mass is 19.4. The predicted octanol–water partition coefficient (Wildman–Crippen LogP) is 4.55. The van der Waals surface area contributed by atoms with E-state index in [2.05, 4.69) is 10.1 Å². The molecule has 0 spiro atoms. The van der Waals surface area contributed by atoms with Crippen molar-refractivity contribution in [3.8, 4) is 5.75 Å². The molecule has 3 nitrogen and oxygen atoms in total. The summed E-state index contributed by atoms with van der Waals surface area (Å²) in [6, 6.07) is 12.5. The van der Waals surface area contributed by atoms with Gasteiger partial charge in [-0.3, -0.25) is 4.79 Å². The summed E-state index contributed by atoms with van der Waals surface area (Å²) in [6.07, 6.45) is -4.29. The van der Waals surface area contributed by atoms with E-state index in [9.17, 15) is 26.7 Å². The van der Waals surface area contributed by atoms with Gasteiger partial charge in [-0.25, -0.2) is 0 Å². The number of hydrogen-bond donors (Lipinski definition) is 1. The molecule has 0 saturated carbocycles. The van der Waals surface area contributed by atoms with Crippen LogP contribution in [0.2, 0.25) is 0 Å². The molecule has 138 valence electrons. The minimum atomic E-state index is -4.73. The zero-order valence-corrected chi connectivity index (χ0v) is 13.3. The van der Waals surface area contributed by atoms with Crippen molar-refractivity contribution in [3.05, 3.63) is 71.8 Å². The first-order valence-corrected chi connectivity index (χ1v) is 7.42. The number of rotatable bonds is 6. The van der Waals surface area contributed by atoms with Gasteiger partial charge in [0.25, 0.3) is 0 Å². The molecule has 8 heteroatoms. The maximum absolute atomic E-state index is 13.2. The first-order chi connectivity index (χ1) is 12.3. The van der Waals surface area contributed by atoms with Crippen LogP contribution >= 0.6 is 0 Å². The van der Waals surface area contributed by atoms with E-state index in [1.807, 2.05) is 0 Å². The van der Waals surface area contributed by atoms with Crippen LogP contribution in [0, 0.1) is 0 Å². The second-order valence-corrected chi connectivity index (χ2v) is 5.13. The zero-order valence-electron chi connectivity index (χ0n) is 13.3. The maximum Gasteiger partial charge on any atom is 0.417 e. The lowest BCUT2D eigenvalue weighted by Crippen LogP contribution is -2.23. The van der Waals surface area contributed by atoms with Gasteiger partial charge in [-0.05, 0) is 11.6 Å². The number of hydrogen-bond acceptors (Lipinski definition) is 2. The number of amides is 1. The van der Waals surface area contributed by atoms with E-state index >= 15 is 0 Å². The Labute approximate surface area is 146 Å². The van der Waals surface area contributed by atoms with Gasteiger partial charge in [0.15, 0.2) is 0 Å². The molecule has 26 heavy (non-hydrogen) atoms. The predicted molar refractivity (Wildman–Crippen MR) is 85.4 cm³/mol. The molecule has 0 radical (unpaired) electrons. The normalized spacial score (nSPS) is 12.2. The van der Waals surface area contributed by atoms with E-state index in [-0.39, 0.29) is 23.4 Å². The number of benzene rings is 2. The number of nitrogens with one attached hydrogen (secondary N) is 1. The molecule has 1 N–H and O–H groups in total. The Morgan fingerprint density at radius 3 is 2.27 bits per heavy atom. The van der Waals surface area contributed by atoms with Gasteiger partial charge < -0.3 is 10.1 Å². The highest BCUT2D eigenvalue weighted by molar-refractivity contribution is 5.96. The third-order valence-electron chi connectivity index (χ3n) is 3.31. The molecular formula is C18H14F5NO2. The van der Waals surface area contributed by atoms with E-state index < -0.39 is 24.3 Å². The summed E-state index contributed by atoms with van der Waals surface area (Å²) < 4.78 is 68.6. The number of ether oxygens (including phenoxy) is 1. The summed E-state index contributed by atoms with van der Waals surface area (Å²) in [7, 11) is 0. The van der Waals surface area contributed by atoms with Crippen molar-refractivity contribution in [2.45, 2.75) is 19.3 Å². The molecule has 0 unspecified atom stereocenters. The van der Waals surface area contributed by atoms with E-state index in [1.165, 1.54) is 48.5 Å². The Bertz CT molecular complexity index is 773. The molecule has 0 saturated heterocycles. The molecule has 0 fully saturated rings. The van der Waals surface area contributed by atoms with Gasteiger partial charge >= 0.3 is 12.8 Å². The van der Waals surface area contributed by atoms with Gasteiger partial charge in [0.1, 0.15) is 5.75 Å². The lowest BCUT2D eigenvalue weighted by molar-refractivity contribution is -0.117. The van der Waals surface area contributed by atoms with E-state index in [4.69, 9.17) is 0 Å². The van der Waals surface area contributed by atoms with Crippen LogP contribution in [-0.4, -0.2) is 18.7 Å². The van der Waals surface area contributed by atoms with Crippen LogP contribution in [0.3, 0.4) is 0 Å². The smallest absolute Gasteiger partial charge is 0.417 e. The van der Waals surface area contributed by atoms with Crippen molar-refractivity contribution >= 4 is 11.5 Å². The van der Waals surface area contributed by atoms with Crippen LogP contribution in [0.4, 0.5) is 22.0 Å². The SMILES string of the molecule is O=C(/C=C(/c1ccccc1)C(F)(F)F)NCc1ccccc1OC(F)F. The standard InChI is InChI=1S/C18H14F5NO2/c19-17(20)26-15-9-5-4-8-13(15)11-24-16(25)10-14(18(21,22)23)12-6-2-1-3-7-12/h1-10,17H,11H2,(H,24,25)/b14-10-. The second-order valence-electron chi connectivity index (χ2n) is 5.13. The van der Waals surface area contributed by atoms with Crippen molar-refractivity contribution in [1.82, 2.24) is 5.32 Å². The molecule has 0 aliphatic carbocycles. The van der Waals surface area contributed by atoms with Crippen molar-refractivity contribution in [2.75, 3.05) is 0 Å². The molecule has 0 atom stereocenters. The van der Waals surface area contributed by atoms with Crippen LogP contribution in [0.25, 0.3) is 5.57 Å². The fraction of sp³-hybridized carbons (Fsp3) is 0.167. The van der Waals surface area contributed by atoms with Crippen LogP contribution in [0.5, 0.6) is 5.75 Å². The number of para-hydroxylation sites is 1. The van der Waals surface area contributed by atoms with Crippen molar-refractivity contribution in [1.29, 1.82) is 0 Å². The lowest BCUT2D eigenvalue weighted by Gasteiger charge is -2.13. The molecule has 2 rings (SSSR count). The Kier molecular flexibility index (Phi) is 6.32. The minimum Gasteiger partial charge on any atom is -0.434 e. The molecular weight excluding hydrogens is 357 g/mol. The molecule has 0 aliphatic rings. The lowest BCUT2D eigenvalue weighted by atomic mass is 10.1. The van der Waals surface area contributed by atoms with Crippen LogP contribution < -0.4 is 10.1 Å². The number of allylic oxidation sites excluding steroid dienone is 1. The average molecular weight is 371 g/mol. The van der Waals surface area contributed by atoms with Gasteiger partial charge in [-0.1, -0.05) is 48.5 Å². The topological polar surface area (TPSA) is 38.3 Å². The Morgan fingerprint density at radius 1 is 1.04 bits per heavy atom. The van der Waals surface area contributed by atoms with Gasteiger partial charge in [0.2, 0.25) is 5.91 Å². The quantitative estimate of drug-likeness (QED) is 0.598. The largest absolute Gasteiger partial charge is 0.434 e. The highest BCUT2D eigenvalue weighted by Gasteiger charge is 2.35. The van der Waals surface area contributed by atoms with Crippen LogP contribution in [0.15, 0.2) is 60.7 Å². The summed E-state index contributed by atoms with van der Waals surface area (Å²) in [5, 5.41) is 2.24. The summed E-state index contributed by atoms with van der Waals surface area (Å²) in [6.45, 7) is -3.32. The number of alkyl halides is 5. The Morgan fingerprint density at radius 2 is 1.65 bits per heavy atom. The maximum atomic E-state index is 13.2. The molecule has 2 aromatic carbocycles. The van der Waals surface area contributed by atoms with Crippen LogP contribution in [0.1, 0.15) is 11.1 Å². The van der Waals surface area contributed by atoms with E-state index in [1.54, 1.807) is 6.07 Å². The van der Waals surface area contributed by atoms with Gasteiger partial charge in [0.05, 0.1) is 5.57 Å². The first kappa shape index (κ1) is 19.4. The highest BCUT2D eigenvalue weighted by Crippen LogP contribution is 2.33. The van der Waals surface area contributed by atoms with Gasteiger partial charge in [0, 0.05) is 18.2 Å². The fourth-order valence-electron chi connectivity index (χ4n) is 2.17. The third-order valence-corrected chi connectivity index (χ3v) is 3.31. The second kappa shape index (κ2) is 8.46. The molecule has 0 bridgehead atoms. The number of halogens is 5. The fourth-order valence-corrected chi connectivity index (χ4v) is 2.17. The number of carbonyl (C=O) groups excluding carboxylic acids is 1. The van der Waals surface area contributed by atoms with Crippen molar-refractivity contribution < 1.29 is 31.5 Å². The molecule has 1 amide bonds. The molecule has 0 heterocycles. The van der Waals surface area contributed by atoms with Crippen LogP contribution in [-0.2, 0) is 11.3 Å².